The maximum absolute atomic E-state index is 4.11. The predicted molar refractivity (Wildman–Crippen MR) is 90.6 cm³/mol. The molecule has 0 radical (unpaired) electrons. The highest BCUT2D eigenvalue weighted by Gasteiger charge is 2.28. The Hall–Kier alpha value is -0.360. The molecule has 1 aliphatic rings. The summed E-state index contributed by atoms with van der Waals surface area (Å²) in [5.74, 6) is 0. The molecule has 2 rings (SSSR count). The second-order valence-corrected chi connectivity index (χ2v) is 6.75. The van der Waals surface area contributed by atoms with E-state index in [2.05, 4.69) is 36.0 Å². The fraction of sp³-hybridized carbons (Fsp3) is 0.722. The van der Waals surface area contributed by atoms with Crippen molar-refractivity contribution in [2.45, 2.75) is 45.4 Å². The van der Waals surface area contributed by atoms with Gasteiger partial charge in [0.2, 0.25) is 0 Å². The summed E-state index contributed by atoms with van der Waals surface area (Å²) in [6.45, 7) is 8.55. The third kappa shape index (κ3) is 6.41. The van der Waals surface area contributed by atoms with Crippen molar-refractivity contribution in [3.63, 3.8) is 0 Å². The van der Waals surface area contributed by atoms with Crippen LogP contribution in [0, 0.1) is 0 Å². The lowest BCUT2D eigenvalue weighted by atomic mass is 10.1. The normalized spacial score (nSPS) is 17.1. The van der Waals surface area contributed by atoms with Crippen LogP contribution in [0.4, 0.5) is 5.69 Å². The van der Waals surface area contributed by atoms with Crippen LogP contribution in [0.3, 0.4) is 0 Å². The molecule has 0 atom stereocenters. The maximum atomic E-state index is 4.11. The largest absolute Gasteiger partial charge is 1.00 e. The highest BCUT2D eigenvalue weighted by molar-refractivity contribution is 5.44. The number of piperazine rings is 1. The number of aromatic nitrogens is 1. The SMILES string of the molecule is CCCCCCCC[N+]1(C)CCN(c2ccncc2)CC1.[I-]. The number of quaternary nitrogens is 1. The molecule has 0 aromatic carbocycles. The Morgan fingerprint density at radius 3 is 2.23 bits per heavy atom. The number of halogens is 1. The molecule has 22 heavy (non-hydrogen) atoms. The lowest BCUT2D eigenvalue weighted by Gasteiger charge is -2.43. The number of hydrogen-bond acceptors (Lipinski definition) is 2. The van der Waals surface area contributed by atoms with Crippen molar-refractivity contribution in [3.05, 3.63) is 24.5 Å². The summed E-state index contributed by atoms with van der Waals surface area (Å²) in [4.78, 5) is 6.61. The van der Waals surface area contributed by atoms with Crippen LogP contribution in [0.5, 0.6) is 0 Å². The van der Waals surface area contributed by atoms with Crippen LogP contribution in [0.15, 0.2) is 24.5 Å². The van der Waals surface area contributed by atoms with Crippen molar-refractivity contribution in [3.8, 4) is 0 Å². The molecule has 0 saturated carbocycles. The summed E-state index contributed by atoms with van der Waals surface area (Å²) < 4.78 is 1.26. The maximum Gasteiger partial charge on any atom is 0.0963 e. The van der Waals surface area contributed by atoms with E-state index in [0.29, 0.717) is 0 Å². The van der Waals surface area contributed by atoms with Gasteiger partial charge in [-0.05, 0) is 25.0 Å². The standard InChI is InChI=1S/C18H32N3.HI/c1-3-4-5-6-7-8-15-21(2)16-13-20(14-17-21)18-9-11-19-12-10-18;/h9-12H,3-8,13-17H2,1-2H3;1H/q+1;/p-1. The van der Waals surface area contributed by atoms with E-state index in [-0.39, 0.29) is 24.0 Å². The monoisotopic (exact) mass is 417 g/mol. The summed E-state index contributed by atoms with van der Waals surface area (Å²) in [7, 11) is 2.44. The molecule has 1 saturated heterocycles. The van der Waals surface area contributed by atoms with E-state index in [1.807, 2.05) is 12.4 Å². The Bertz CT molecular complexity index is 389. The van der Waals surface area contributed by atoms with Crippen LogP contribution in [0.2, 0.25) is 0 Å². The van der Waals surface area contributed by atoms with E-state index >= 15 is 0 Å². The fourth-order valence-electron chi connectivity index (χ4n) is 3.26. The molecule has 1 aromatic rings. The first kappa shape index (κ1) is 19.7. The van der Waals surface area contributed by atoms with Gasteiger partial charge < -0.3 is 33.4 Å². The third-order valence-electron chi connectivity index (χ3n) is 4.90. The molecule has 1 aliphatic heterocycles. The highest BCUT2D eigenvalue weighted by atomic mass is 127. The van der Waals surface area contributed by atoms with Crippen LogP contribution in [0.1, 0.15) is 45.4 Å². The Labute approximate surface area is 153 Å². The van der Waals surface area contributed by atoms with E-state index < -0.39 is 0 Å². The van der Waals surface area contributed by atoms with Gasteiger partial charge in [-0.1, -0.05) is 32.6 Å². The molecule has 0 aliphatic carbocycles. The fourth-order valence-corrected chi connectivity index (χ4v) is 3.26. The van der Waals surface area contributed by atoms with E-state index in [0.717, 1.165) is 0 Å². The number of likely N-dealkylation sites (N-methyl/N-ethyl adjacent to an activating group) is 1. The Morgan fingerprint density at radius 2 is 1.59 bits per heavy atom. The average Bonchev–Trinajstić information content (AvgIpc) is 2.52. The van der Waals surface area contributed by atoms with Crippen molar-refractivity contribution in [1.29, 1.82) is 0 Å². The van der Waals surface area contributed by atoms with Gasteiger partial charge in [0.05, 0.1) is 39.8 Å². The molecular weight excluding hydrogens is 385 g/mol. The van der Waals surface area contributed by atoms with Gasteiger partial charge in [-0.15, -0.1) is 0 Å². The second kappa shape index (κ2) is 10.4. The van der Waals surface area contributed by atoms with Crippen LogP contribution in [0.25, 0.3) is 0 Å². The van der Waals surface area contributed by atoms with Gasteiger partial charge in [0, 0.05) is 18.1 Å². The van der Waals surface area contributed by atoms with Crippen molar-refractivity contribution < 1.29 is 28.5 Å². The highest BCUT2D eigenvalue weighted by Crippen LogP contribution is 2.19. The van der Waals surface area contributed by atoms with Gasteiger partial charge >= 0.3 is 0 Å². The minimum atomic E-state index is 0. The van der Waals surface area contributed by atoms with Gasteiger partial charge in [-0.3, -0.25) is 4.98 Å². The van der Waals surface area contributed by atoms with E-state index in [4.69, 9.17) is 0 Å². The summed E-state index contributed by atoms with van der Waals surface area (Å²) in [5, 5.41) is 0. The molecule has 2 heterocycles. The molecular formula is C18H32IN3. The number of anilines is 1. The van der Waals surface area contributed by atoms with Crippen LogP contribution < -0.4 is 28.9 Å². The molecule has 0 bridgehead atoms. The van der Waals surface area contributed by atoms with Gasteiger partial charge in [0.25, 0.3) is 0 Å². The molecule has 126 valence electrons. The number of pyridine rings is 1. The molecule has 4 heteroatoms. The lowest BCUT2D eigenvalue weighted by Crippen LogP contribution is -3.00. The number of unbranched alkanes of at least 4 members (excludes halogenated alkanes) is 5. The minimum Gasteiger partial charge on any atom is -1.00 e. The zero-order chi connectivity index (χ0) is 15.0. The number of rotatable bonds is 8. The van der Waals surface area contributed by atoms with Crippen molar-refractivity contribution >= 4 is 5.69 Å². The first-order chi connectivity index (χ1) is 10.2. The van der Waals surface area contributed by atoms with Crippen LogP contribution in [-0.2, 0) is 0 Å². The quantitative estimate of drug-likeness (QED) is 0.352. The summed E-state index contributed by atoms with van der Waals surface area (Å²) in [6.07, 6.45) is 12.2. The molecule has 3 nitrogen and oxygen atoms in total. The molecule has 0 amide bonds. The van der Waals surface area contributed by atoms with Gasteiger partial charge in [0.15, 0.2) is 0 Å². The topological polar surface area (TPSA) is 16.1 Å². The molecule has 1 fully saturated rings. The zero-order valence-electron chi connectivity index (χ0n) is 14.3. The molecule has 0 N–H and O–H groups in total. The van der Waals surface area contributed by atoms with Crippen LogP contribution in [-0.4, -0.2) is 49.2 Å². The minimum absolute atomic E-state index is 0. The van der Waals surface area contributed by atoms with E-state index in [9.17, 15) is 0 Å². The van der Waals surface area contributed by atoms with Gasteiger partial charge in [0.1, 0.15) is 0 Å². The van der Waals surface area contributed by atoms with Crippen molar-refractivity contribution in [2.75, 3.05) is 44.7 Å². The Morgan fingerprint density at radius 1 is 1.00 bits per heavy atom. The molecule has 1 aromatic heterocycles. The zero-order valence-corrected chi connectivity index (χ0v) is 16.5. The van der Waals surface area contributed by atoms with Gasteiger partial charge in [-0.25, -0.2) is 0 Å². The Kier molecular flexibility index (Phi) is 9.33. The van der Waals surface area contributed by atoms with Crippen molar-refractivity contribution in [1.82, 2.24) is 4.98 Å². The third-order valence-corrected chi connectivity index (χ3v) is 4.90. The van der Waals surface area contributed by atoms with Crippen LogP contribution >= 0.6 is 0 Å². The smallest absolute Gasteiger partial charge is 0.0963 e. The summed E-state index contributed by atoms with van der Waals surface area (Å²) >= 11 is 0. The molecule has 0 spiro atoms. The lowest BCUT2D eigenvalue weighted by molar-refractivity contribution is -0.910. The first-order valence-electron chi connectivity index (χ1n) is 8.72. The van der Waals surface area contributed by atoms with E-state index in [1.54, 1.807) is 0 Å². The van der Waals surface area contributed by atoms with Crippen molar-refractivity contribution in [2.24, 2.45) is 0 Å². The molecule has 0 unspecified atom stereocenters. The first-order valence-corrected chi connectivity index (χ1v) is 8.72. The number of nitrogens with zero attached hydrogens (tertiary/aromatic N) is 3. The predicted octanol–water partition coefficient (Wildman–Crippen LogP) is 0.713. The summed E-state index contributed by atoms with van der Waals surface area (Å²) in [5.41, 5.74) is 1.33. The Balaban J connectivity index is 0.00000242. The number of hydrogen-bond donors (Lipinski definition) is 0. The second-order valence-electron chi connectivity index (χ2n) is 6.75. The van der Waals surface area contributed by atoms with E-state index in [1.165, 1.54) is 81.4 Å². The van der Waals surface area contributed by atoms with Gasteiger partial charge in [-0.2, -0.15) is 0 Å². The average molecular weight is 417 g/mol. The summed E-state index contributed by atoms with van der Waals surface area (Å²) in [6, 6.07) is 4.26.